The fraction of sp³-hybridized carbons (Fsp3) is 0.815. The molecule has 0 amide bonds. The van der Waals surface area contributed by atoms with Crippen LogP contribution in [-0.4, -0.2) is 15.6 Å². The molecule has 1 unspecified atom stereocenters. The van der Waals surface area contributed by atoms with Gasteiger partial charge in [-0.05, 0) is 97.2 Å². The summed E-state index contributed by atoms with van der Waals surface area (Å²) in [5, 5.41) is 13.6. The van der Waals surface area contributed by atoms with E-state index in [1.165, 1.54) is 44.9 Å². The number of aromatic nitrogens is 2. The Bertz CT molecular complexity index is 980. The van der Waals surface area contributed by atoms with E-state index in [0.29, 0.717) is 23.2 Å². The molecule has 6 rings (SSSR count). The van der Waals surface area contributed by atoms with E-state index in [4.69, 9.17) is 11.6 Å². The SMILES string of the molecule is C[C@H]1CC[C@H]2[C@H](CC[C@H]3C4[C@@H]5[C@H](C)[C@@H]5[C@H](C(=O)Cn5cc(C#N)c(Cl)n5)[C@@]4(C)CC[C@H]23)C1. The molecule has 0 radical (unpaired) electrons. The van der Waals surface area contributed by atoms with E-state index in [9.17, 15) is 10.1 Å². The standard InChI is InChI=1S/C27H36ClN3O/c1-14-4-6-18-16(10-14)5-7-20-19(18)8-9-27(3)24(20)22-15(2)23(22)25(27)21(32)13-31-12-17(11-29)26(28)30-31/h12,14-16,18-20,22-25H,4-10,13H2,1-3H3/t14-,15-,16+,18-,19+,20+,22+,23-,24?,25-,27-/m0/s1. The van der Waals surface area contributed by atoms with Crippen LogP contribution in [0.1, 0.15) is 71.3 Å². The highest BCUT2D eigenvalue weighted by atomic mass is 35.5. The summed E-state index contributed by atoms with van der Waals surface area (Å²) in [6.07, 6.45) is 11.3. The molecule has 5 aliphatic rings. The van der Waals surface area contributed by atoms with Crippen molar-refractivity contribution in [2.75, 3.05) is 0 Å². The van der Waals surface area contributed by atoms with Crippen LogP contribution in [0.25, 0.3) is 0 Å². The quantitative estimate of drug-likeness (QED) is 0.565. The van der Waals surface area contributed by atoms with Crippen molar-refractivity contribution >= 4 is 17.4 Å². The zero-order chi connectivity index (χ0) is 22.4. The monoisotopic (exact) mass is 453 g/mol. The van der Waals surface area contributed by atoms with Crippen molar-refractivity contribution in [3.05, 3.63) is 16.9 Å². The average Bonchev–Trinajstić information content (AvgIpc) is 3.11. The summed E-state index contributed by atoms with van der Waals surface area (Å²) < 4.78 is 1.60. The molecule has 5 saturated carbocycles. The highest BCUT2D eigenvalue weighted by Crippen LogP contribution is 2.76. The van der Waals surface area contributed by atoms with Crippen LogP contribution in [0.15, 0.2) is 6.20 Å². The second-order valence-electron chi connectivity index (χ2n) is 12.4. The molecule has 0 aromatic carbocycles. The van der Waals surface area contributed by atoms with Crippen LogP contribution in [0.3, 0.4) is 0 Å². The summed E-state index contributed by atoms with van der Waals surface area (Å²) in [5.74, 6) is 7.75. The number of ketones is 1. The van der Waals surface area contributed by atoms with Gasteiger partial charge in [-0.1, -0.05) is 38.8 Å². The van der Waals surface area contributed by atoms with E-state index in [1.807, 2.05) is 0 Å². The van der Waals surface area contributed by atoms with E-state index in [-0.39, 0.29) is 23.0 Å². The molecule has 32 heavy (non-hydrogen) atoms. The van der Waals surface area contributed by atoms with Crippen molar-refractivity contribution in [3.8, 4) is 6.07 Å². The Labute approximate surface area is 197 Å². The molecular weight excluding hydrogens is 418 g/mol. The predicted molar refractivity (Wildman–Crippen MR) is 124 cm³/mol. The minimum Gasteiger partial charge on any atom is -0.297 e. The maximum absolute atomic E-state index is 13.7. The topological polar surface area (TPSA) is 58.7 Å². The summed E-state index contributed by atoms with van der Waals surface area (Å²) in [6, 6.07) is 2.07. The third kappa shape index (κ3) is 2.92. The van der Waals surface area contributed by atoms with Gasteiger partial charge in [0.1, 0.15) is 11.6 Å². The lowest BCUT2D eigenvalue weighted by molar-refractivity contribution is -0.135. The van der Waals surface area contributed by atoms with E-state index in [1.54, 1.807) is 10.9 Å². The van der Waals surface area contributed by atoms with Gasteiger partial charge in [0.05, 0.1) is 6.54 Å². The Balaban J connectivity index is 1.26. The van der Waals surface area contributed by atoms with Gasteiger partial charge in [0, 0.05) is 12.1 Å². The number of carbonyl (C=O) groups is 1. The molecule has 5 aliphatic carbocycles. The Hall–Kier alpha value is -1.34. The van der Waals surface area contributed by atoms with Gasteiger partial charge in [-0.15, -0.1) is 0 Å². The van der Waals surface area contributed by atoms with Crippen molar-refractivity contribution in [3.63, 3.8) is 0 Å². The average molecular weight is 454 g/mol. The summed E-state index contributed by atoms with van der Waals surface area (Å²) in [4.78, 5) is 13.7. The molecule has 1 aromatic rings. The van der Waals surface area contributed by atoms with Gasteiger partial charge < -0.3 is 0 Å². The maximum Gasteiger partial charge on any atom is 0.168 e. The summed E-state index contributed by atoms with van der Waals surface area (Å²) >= 11 is 6.06. The van der Waals surface area contributed by atoms with Gasteiger partial charge in [0.25, 0.3) is 0 Å². The number of halogens is 1. The highest BCUT2D eigenvalue weighted by Gasteiger charge is 2.73. The number of nitrogens with zero attached hydrogens (tertiary/aromatic N) is 3. The molecule has 0 saturated heterocycles. The van der Waals surface area contributed by atoms with Gasteiger partial charge >= 0.3 is 0 Å². The Kier molecular flexibility index (Phi) is 4.86. The minimum atomic E-state index is 0.143. The third-order valence-electron chi connectivity index (χ3n) is 11.0. The van der Waals surface area contributed by atoms with Crippen molar-refractivity contribution in [2.45, 2.75) is 72.3 Å². The first kappa shape index (κ1) is 21.2. The summed E-state index contributed by atoms with van der Waals surface area (Å²) in [7, 11) is 0. The van der Waals surface area contributed by atoms with Crippen LogP contribution in [0.4, 0.5) is 0 Å². The normalized spacial score (nSPS) is 48.7. The molecule has 0 bridgehead atoms. The van der Waals surface area contributed by atoms with Crippen molar-refractivity contribution in [2.24, 2.45) is 64.6 Å². The van der Waals surface area contributed by atoms with Crippen LogP contribution in [0.2, 0.25) is 5.15 Å². The molecule has 0 N–H and O–H groups in total. The number of hydrogen-bond acceptors (Lipinski definition) is 3. The molecule has 0 spiro atoms. The lowest BCUT2D eigenvalue weighted by Crippen LogP contribution is -2.51. The number of hydrogen-bond donors (Lipinski definition) is 0. The molecule has 5 heteroatoms. The van der Waals surface area contributed by atoms with Crippen LogP contribution >= 0.6 is 11.6 Å². The molecule has 172 valence electrons. The highest BCUT2D eigenvalue weighted by molar-refractivity contribution is 6.30. The fourth-order valence-electron chi connectivity index (χ4n) is 9.90. The lowest BCUT2D eigenvalue weighted by Gasteiger charge is -2.57. The van der Waals surface area contributed by atoms with Crippen LogP contribution in [0.5, 0.6) is 0 Å². The van der Waals surface area contributed by atoms with Crippen LogP contribution < -0.4 is 0 Å². The van der Waals surface area contributed by atoms with Crippen LogP contribution in [0, 0.1) is 75.9 Å². The summed E-state index contributed by atoms with van der Waals surface area (Å²) in [5.41, 5.74) is 0.496. The second-order valence-corrected chi connectivity index (χ2v) is 12.8. The number of fused-ring (bicyclic) bond motifs is 7. The second kappa shape index (κ2) is 7.33. The van der Waals surface area contributed by atoms with Gasteiger partial charge in [-0.25, -0.2) is 0 Å². The molecule has 0 aliphatic heterocycles. The zero-order valence-corrected chi connectivity index (χ0v) is 20.4. The zero-order valence-electron chi connectivity index (χ0n) is 19.6. The van der Waals surface area contributed by atoms with E-state index in [2.05, 4.69) is 31.9 Å². The third-order valence-corrected chi connectivity index (χ3v) is 11.3. The van der Waals surface area contributed by atoms with Gasteiger partial charge in [-0.2, -0.15) is 10.4 Å². The lowest BCUT2D eigenvalue weighted by atomic mass is 9.47. The number of nitriles is 1. The maximum atomic E-state index is 13.7. The fourth-order valence-corrected chi connectivity index (χ4v) is 10.1. The van der Waals surface area contributed by atoms with E-state index >= 15 is 0 Å². The van der Waals surface area contributed by atoms with Crippen LogP contribution in [-0.2, 0) is 11.3 Å². The van der Waals surface area contributed by atoms with E-state index < -0.39 is 0 Å². The predicted octanol–water partition coefficient (Wildman–Crippen LogP) is 5.98. The Morgan fingerprint density at radius 3 is 2.72 bits per heavy atom. The number of carbonyl (C=O) groups excluding carboxylic acids is 1. The molecule has 4 nitrogen and oxygen atoms in total. The van der Waals surface area contributed by atoms with Gasteiger partial charge in [0.15, 0.2) is 10.9 Å². The minimum absolute atomic E-state index is 0.143. The van der Waals surface area contributed by atoms with Crippen molar-refractivity contribution in [1.29, 1.82) is 5.26 Å². The first-order valence-corrected chi connectivity index (χ1v) is 13.4. The molecule has 1 aromatic heterocycles. The first-order chi connectivity index (χ1) is 15.3. The van der Waals surface area contributed by atoms with E-state index in [0.717, 1.165) is 41.4 Å². The Morgan fingerprint density at radius 1 is 1.19 bits per heavy atom. The van der Waals surface area contributed by atoms with Gasteiger partial charge in [-0.3, -0.25) is 9.48 Å². The largest absolute Gasteiger partial charge is 0.297 e. The van der Waals surface area contributed by atoms with Crippen molar-refractivity contribution < 1.29 is 4.79 Å². The van der Waals surface area contributed by atoms with Crippen molar-refractivity contribution in [1.82, 2.24) is 9.78 Å². The van der Waals surface area contributed by atoms with Gasteiger partial charge in [0.2, 0.25) is 0 Å². The molecule has 11 atom stereocenters. The molecule has 5 fully saturated rings. The first-order valence-electron chi connectivity index (χ1n) is 13.0. The molecular formula is C27H36ClN3O. The molecule has 1 heterocycles. The smallest absolute Gasteiger partial charge is 0.168 e. The Morgan fingerprint density at radius 2 is 1.97 bits per heavy atom. The number of rotatable bonds is 3. The number of Topliss-reactive ketones (excluding diaryl/α,β-unsaturated/α-hetero) is 1. The summed E-state index contributed by atoms with van der Waals surface area (Å²) in [6.45, 7) is 7.56.